The Morgan fingerprint density at radius 3 is 2.66 bits per heavy atom. The third-order valence-corrected chi connectivity index (χ3v) is 7.07. The van der Waals surface area contributed by atoms with Crippen molar-refractivity contribution < 1.29 is 9.84 Å². The Morgan fingerprint density at radius 1 is 1.19 bits per heavy atom. The van der Waals surface area contributed by atoms with Gasteiger partial charge in [0.25, 0.3) is 0 Å². The number of benzene rings is 1. The molecule has 1 aromatic carbocycles. The lowest BCUT2D eigenvalue weighted by molar-refractivity contribution is -0.240. The van der Waals surface area contributed by atoms with Crippen LogP contribution in [0.3, 0.4) is 0 Å². The van der Waals surface area contributed by atoms with Gasteiger partial charge in [-0.15, -0.1) is 0 Å². The van der Waals surface area contributed by atoms with Crippen molar-refractivity contribution in [1.29, 1.82) is 0 Å². The Hall–Kier alpha value is -1.68. The number of ether oxygens (including phenoxy) is 1. The Labute approximate surface area is 194 Å². The molecule has 0 bridgehead atoms. The van der Waals surface area contributed by atoms with E-state index in [1.165, 1.54) is 46.4 Å². The topological polar surface area (TPSA) is 32.7 Å². The highest BCUT2D eigenvalue weighted by atomic mass is 16.6. The molecule has 0 amide bonds. The molecular formula is C29H41NO2. The van der Waals surface area contributed by atoms with E-state index in [0.29, 0.717) is 11.8 Å². The number of nitrogens with zero attached hydrogens (tertiary/aromatic N) is 1. The summed E-state index contributed by atoms with van der Waals surface area (Å²) in [5.41, 5.74) is 5.50. The summed E-state index contributed by atoms with van der Waals surface area (Å²) in [6.45, 7) is 14.3. The minimum atomic E-state index is -0.849. The molecule has 32 heavy (non-hydrogen) atoms. The molecular weight excluding hydrogens is 394 g/mol. The van der Waals surface area contributed by atoms with E-state index in [1.54, 1.807) is 5.56 Å². The molecule has 1 saturated carbocycles. The van der Waals surface area contributed by atoms with Crippen LogP contribution >= 0.6 is 0 Å². The van der Waals surface area contributed by atoms with Gasteiger partial charge in [0.2, 0.25) is 6.41 Å². The van der Waals surface area contributed by atoms with Crippen LogP contribution in [-0.2, 0) is 4.74 Å². The highest BCUT2D eigenvalue weighted by Crippen LogP contribution is 2.36. The normalized spacial score (nSPS) is 26.0. The van der Waals surface area contributed by atoms with Gasteiger partial charge in [-0.1, -0.05) is 55.8 Å². The van der Waals surface area contributed by atoms with Gasteiger partial charge in [-0.3, -0.25) is 4.90 Å². The maximum Gasteiger partial charge on any atom is 0.216 e. The zero-order chi connectivity index (χ0) is 22.9. The summed E-state index contributed by atoms with van der Waals surface area (Å²) in [5, 5.41) is 13.6. The van der Waals surface area contributed by atoms with Crippen molar-refractivity contribution in [2.24, 2.45) is 5.92 Å². The van der Waals surface area contributed by atoms with Crippen LogP contribution in [0.1, 0.15) is 84.1 Å². The molecule has 1 N–H and O–H groups in total. The molecule has 0 radical (unpaired) electrons. The van der Waals surface area contributed by atoms with Crippen molar-refractivity contribution >= 4 is 11.6 Å². The second kappa shape index (κ2) is 9.67. The first kappa shape index (κ1) is 23.5. The average molecular weight is 436 g/mol. The SMILES string of the molecule is C=C1CC=c2cccc(C3CCC3)c2=C(/C2=C\[C@@H](C)CN(C(O)OC(C)(C)C)CCC2)C1. The van der Waals surface area contributed by atoms with Crippen LogP contribution in [0.4, 0.5) is 0 Å². The van der Waals surface area contributed by atoms with Gasteiger partial charge < -0.3 is 9.84 Å². The molecule has 0 spiro atoms. The average Bonchev–Trinajstić information content (AvgIpc) is 2.81. The standard InChI is InChI=1S/C29H41NO2/c1-20-14-15-23-11-7-13-25(22-9-6-10-22)27(23)26(18-20)24-12-8-16-30(19-21(2)17-24)28(31)32-29(3,4)5/h7,11,13,15,17,21-22,28,31H,1,6,8-10,12,14,16,18-19H2,2-5H3/b24-17-/t21-,28?/m1/s1. The molecule has 2 aliphatic carbocycles. The number of hydrogen-bond acceptors (Lipinski definition) is 3. The zero-order valence-corrected chi connectivity index (χ0v) is 20.5. The molecule has 174 valence electrons. The van der Waals surface area contributed by atoms with Gasteiger partial charge in [0.05, 0.1) is 5.60 Å². The van der Waals surface area contributed by atoms with Crippen LogP contribution < -0.4 is 10.4 Å². The van der Waals surface area contributed by atoms with Crippen LogP contribution in [-0.4, -0.2) is 35.1 Å². The molecule has 1 aliphatic heterocycles. The fourth-order valence-electron chi connectivity index (χ4n) is 5.36. The lowest BCUT2D eigenvalue weighted by Gasteiger charge is -2.35. The molecule has 4 rings (SSSR count). The molecule has 1 fully saturated rings. The van der Waals surface area contributed by atoms with Crippen molar-refractivity contribution in [2.45, 2.75) is 90.6 Å². The summed E-state index contributed by atoms with van der Waals surface area (Å²) in [6.07, 6.45) is 12.0. The number of aliphatic hydroxyl groups excluding tert-OH is 1. The van der Waals surface area contributed by atoms with Gasteiger partial charge in [0.15, 0.2) is 0 Å². The molecule has 1 unspecified atom stereocenters. The lowest BCUT2D eigenvalue weighted by Crippen LogP contribution is -2.44. The van der Waals surface area contributed by atoms with E-state index in [0.717, 1.165) is 38.8 Å². The van der Waals surface area contributed by atoms with Gasteiger partial charge in [0, 0.05) is 13.1 Å². The predicted molar refractivity (Wildman–Crippen MR) is 133 cm³/mol. The summed E-state index contributed by atoms with van der Waals surface area (Å²) in [4.78, 5) is 2.08. The maximum atomic E-state index is 10.7. The second-order valence-corrected chi connectivity index (χ2v) is 11.1. The molecule has 1 heterocycles. The van der Waals surface area contributed by atoms with Crippen molar-refractivity contribution in [2.75, 3.05) is 13.1 Å². The van der Waals surface area contributed by atoms with Gasteiger partial charge in [-0.05, 0) is 98.3 Å². The number of hydrogen-bond donors (Lipinski definition) is 1. The van der Waals surface area contributed by atoms with Crippen LogP contribution in [0.2, 0.25) is 0 Å². The number of allylic oxidation sites excluding steroid dienone is 2. The summed E-state index contributed by atoms with van der Waals surface area (Å²) >= 11 is 0. The highest BCUT2D eigenvalue weighted by molar-refractivity contribution is 5.69. The minimum Gasteiger partial charge on any atom is -0.356 e. The summed E-state index contributed by atoms with van der Waals surface area (Å²) in [5.74, 6) is 1.06. The Balaban J connectivity index is 1.71. The first-order valence-electron chi connectivity index (χ1n) is 12.5. The summed E-state index contributed by atoms with van der Waals surface area (Å²) in [6, 6.07) is 6.92. The Bertz CT molecular complexity index is 993. The highest BCUT2D eigenvalue weighted by Gasteiger charge is 2.27. The van der Waals surface area contributed by atoms with E-state index < -0.39 is 6.41 Å². The van der Waals surface area contributed by atoms with Crippen LogP contribution in [0.25, 0.3) is 11.6 Å². The van der Waals surface area contributed by atoms with Crippen LogP contribution in [0.15, 0.2) is 42.0 Å². The fourth-order valence-corrected chi connectivity index (χ4v) is 5.36. The third-order valence-electron chi connectivity index (χ3n) is 7.07. The van der Waals surface area contributed by atoms with E-state index in [9.17, 15) is 5.11 Å². The molecule has 0 aromatic heterocycles. The van der Waals surface area contributed by atoms with Crippen LogP contribution in [0.5, 0.6) is 0 Å². The van der Waals surface area contributed by atoms with Crippen molar-refractivity contribution in [3.63, 3.8) is 0 Å². The van der Waals surface area contributed by atoms with Gasteiger partial charge in [-0.25, -0.2) is 0 Å². The Morgan fingerprint density at radius 2 is 1.97 bits per heavy atom. The molecule has 3 heteroatoms. The number of fused-ring (bicyclic) bond motifs is 1. The first-order valence-corrected chi connectivity index (χ1v) is 12.5. The smallest absolute Gasteiger partial charge is 0.216 e. The third kappa shape index (κ3) is 5.44. The molecule has 3 nitrogen and oxygen atoms in total. The van der Waals surface area contributed by atoms with Gasteiger partial charge in [-0.2, -0.15) is 0 Å². The maximum absolute atomic E-state index is 10.7. The van der Waals surface area contributed by atoms with E-state index in [2.05, 4.69) is 48.8 Å². The molecule has 1 aromatic rings. The largest absolute Gasteiger partial charge is 0.356 e. The first-order chi connectivity index (χ1) is 15.2. The zero-order valence-electron chi connectivity index (χ0n) is 20.5. The van der Waals surface area contributed by atoms with Crippen LogP contribution in [0, 0.1) is 5.92 Å². The summed E-state index contributed by atoms with van der Waals surface area (Å²) in [7, 11) is 0. The summed E-state index contributed by atoms with van der Waals surface area (Å²) < 4.78 is 5.84. The second-order valence-electron chi connectivity index (χ2n) is 11.1. The molecule has 3 aliphatic rings. The van der Waals surface area contributed by atoms with Gasteiger partial charge >= 0.3 is 0 Å². The number of aliphatic hydroxyl groups is 1. The molecule has 2 atom stereocenters. The van der Waals surface area contributed by atoms with Gasteiger partial charge in [0.1, 0.15) is 0 Å². The number of rotatable bonds is 4. The van der Waals surface area contributed by atoms with Crippen molar-refractivity contribution in [1.82, 2.24) is 4.90 Å². The van der Waals surface area contributed by atoms with Crippen molar-refractivity contribution in [3.05, 3.63) is 58.0 Å². The predicted octanol–water partition coefficient (Wildman–Crippen LogP) is 4.98. The quantitative estimate of drug-likeness (QED) is 0.534. The Kier molecular flexibility index (Phi) is 7.09. The molecule has 0 saturated heterocycles. The van der Waals surface area contributed by atoms with E-state index in [4.69, 9.17) is 4.74 Å². The van der Waals surface area contributed by atoms with E-state index in [-0.39, 0.29) is 5.60 Å². The lowest BCUT2D eigenvalue weighted by atomic mass is 9.77. The van der Waals surface area contributed by atoms with Crippen molar-refractivity contribution in [3.8, 4) is 0 Å². The monoisotopic (exact) mass is 435 g/mol. The minimum absolute atomic E-state index is 0.343. The van der Waals surface area contributed by atoms with E-state index >= 15 is 0 Å². The fraction of sp³-hybridized carbons (Fsp3) is 0.586. The van der Waals surface area contributed by atoms with E-state index in [1.807, 2.05) is 20.8 Å².